The fourth-order valence-corrected chi connectivity index (χ4v) is 1.13. The van der Waals surface area contributed by atoms with Crippen LogP contribution < -0.4 is 5.73 Å². The third-order valence-electron chi connectivity index (χ3n) is 1.92. The number of aliphatic hydroxyl groups excluding tert-OH is 1. The van der Waals surface area contributed by atoms with Crippen LogP contribution in [0.2, 0.25) is 0 Å². The van der Waals surface area contributed by atoms with Crippen LogP contribution in [0.25, 0.3) is 0 Å². The van der Waals surface area contributed by atoms with Crippen molar-refractivity contribution in [2.45, 2.75) is 13.0 Å². The number of halogens is 1. The smallest absolute Gasteiger partial charge is 0.132 e. The van der Waals surface area contributed by atoms with E-state index in [-0.39, 0.29) is 17.9 Å². The van der Waals surface area contributed by atoms with Crippen LogP contribution >= 0.6 is 0 Å². The lowest BCUT2D eigenvalue weighted by Crippen LogP contribution is -2.13. The van der Waals surface area contributed by atoms with E-state index in [0.717, 1.165) is 0 Å². The summed E-state index contributed by atoms with van der Waals surface area (Å²) in [5.41, 5.74) is 5.56. The van der Waals surface area contributed by atoms with Crippen molar-refractivity contribution in [3.05, 3.63) is 29.1 Å². The zero-order chi connectivity index (χ0) is 10.0. The average molecular weight is 185 g/mol. The highest BCUT2D eigenvalue weighted by atomic mass is 19.1. The molecule has 3 nitrogen and oxygen atoms in total. The van der Waals surface area contributed by atoms with E-state index in [0.29, 0.717) is 5.56 Å². The molecule has 0 saturated heterocycles. The molecule has 0 amide bonds. The fraction of sp³-hybridized carbons (Fsp3) is 0.333. The summed E-state index contributed by atoms with van der Waals surface area (Å²) in [5, 5.41) is 18.7. The first kappa shape index (κ1) is 9.95. The van der Waals surface area contributed by atoms with Crippen molar-refractivity contribution >= 4 is 0 Å². The van der Waals surface area contributed by atoms with Gasteiger partial charge in [0, 0.05) is 6.54 Å². The SMILES string of the molecule is Cc1ccc(F)c(C(O)CN)c1O. The number of aliphatic hydroxyl groups is 1. The Kier molecular flexibility index (Phi) is 2.85. The number of aromatic hydroxyl groups is 1. The molecule has 1 aromatic rings. The number of rotatable bonds is 2. The Morgan fingerprint density at radius 1 is 1.54 bits per heavy atom. The van der Waals surface area contributed by atoms with Gasteiger partial charge in [-0.1, -0.05) is 6.07 Å². The molecule has 1 aromatic carbocycles. The van der Waals surface area contributed by atoms with Crippen molar-refractivity contribution < 1.29 is 14.6 Å². The lowest BCUT2D eigenvalue weighted by molar-refractivity contribution is 0.177. The number of hydrogen-bond donors (Lipinski definition) is 3. The first-order valence-electron chi connectivity index (χ1n) is 3.94. The standard InChI is InChI=1S/C9H12FNO2/c1-5-2-3-6(10)8(9(5)13)7(12)4-11/h2-3,7,12-13H,4,11H2,1H3. The second-order valence-corrected chi connectivity index (χ2v) is 2.88. The van der Waals surface area contributed by atoms with Gasteiger partial charge in [-0.15, -0.1) is 0 Å². The molecule has 4 N–H and O–H groups in total. The third kappa shape index (κ3) is 1.79. The highest BCUT2D eigenvalue weighted by Crippen LogP contribution is 2.29. The van der Waals surface area contributed by atoms with Crippen molar-refractivity contribution in [3.63, 3.8) is 0 Å². The van der Waals surface area contributed by atoms with Crippen LogP contribution in [0.1, 0.15) is 17.2 Å². The van der Waals surface area contributed by atoms with Gasteiger partial charge in [-0.2, -0.15) is 0 Å². The molecular weight excluding hydrogens is 173 g/mol. The van der Waals surface area contributed by atoms with Gasteiger partial charge in [0.15, 0.2) is 0 Å². The van der Waals surface area contributed by atoms with Gasteiger partial charge in [0.05, 0.1) is 11.7 Å². The molecule has 0 heterocycles. The van der Waals surface area contributed by atoms with Gasteiger partial charge >= 0.3 is 0 Å². The molecule has 0 spiro atoms. The van der Waals surface area contributed by atoms with Crippen LogP contribution in [0, 0.1) is 12.7 Å². The summed E-state index contributed by atoms with van der Waals surface area (Å²) < 4.78 is 13.1. The van der Waals surface area contributed by atoms with Crippen molar-refractivity contribution in [3.8, 4) is 5.75 Å². The van der Waals surface area contributed by atoms with E-state index in [1.165, 1.54) is 12.1 Å². The van der Waals surface area contributed by atoms with E-state index in [1.807, 2.05) is 0 Å². The summed E-state index contributed by atoms with van der Waals surface area (Å²) in [6.07, 6.45) is -1.15. The number of benzene rings is 1. The Morgan fingerprint density at radius 2 is 2.15 bits per heavy atom. The average Bonchev–Trinajstić information content (AvgIpc) is 2.12. The molecule has 0 radical (unpaired) electrons. The molecular formula is C9H12FNO2. The number of nitrogens with two attached hydrogens (primary N) is 1. The minimum absolute atomic E-state index is 0.117. The number of phenolic OH excluding ortho intramolecular Hbond substituents is 1. The Hall–Kier alpha value is -1.13. The number of phenols is 1. The van der Waals surface area contributed by atoms with E-state index in [2.05, 4.69) is 0 Å². The monoisotopic (exact) mass is 185 g/mol. The second kappa shape index (κ2) is 3.72. The maximum Gasteiger partial charge on any atom is 0.132 e. The Labute approximate surface area is 75.6 Å². The first-order valence-corrected chi connectivity index (χ1v) is 3.94. The Morgan fingerprint density at radius 3 is 2.69 bits per heavy atom. The van der Waals surface area contributed by atoms with Gasteiger partial charge in [-0.25, -0.2) is 4.39 Å². The topological polar surface area (TPSA) is 66.5 Å². The largest absolute Gasteiger partial charge is 0.507 e. The maximum absolute atomic E-state index is 13.1. The maximum atomic E-state index is 13.1. The molecule has 0 saturated carbocycles. The number of aryl methyl sites for hydroxylation is 1. The van der Waals surface area contributed by atoms with Crippen LogP contribution in [-0.2, 0) is 0 Å². The summed E-state index contributed by atoms with van der Waals surface area (Å²) in [5.74, 6) is -0.862. The lowest BCUT2D eigenvalue weighted by atomic mass is 10.0. The van der Waals surface area contributed by atoms with Gasteiger partial charge in [-0.3, -0.25) is 0 Å². The van der Waals surface area contributed by atoms with E-state index in [9.17, 15) is 14.6 Å². The normalized spacial score (nSPS) is 12.9. The highest BCUT2D eigenvalue weighted by Gasteiger charge is 2.17. The van der Waals surface area contributed by atoms with Crippen molar-refractivity contribution in [1.29, 1.82) is 0 Å². The molecule has 72 valence electrons. The molecule has 0 aliphatic carbocycles. The minimum Gasteiger partial charge on any atom is -0.507 e. The predicted octanol–water partition coefficient (Wildman–Crippen LogP) is 0.832. The first-order chi connectivity index (χ1) is 6.07. The van der Waals surface area contributed by atoms with Gasteiger partial charge < -0.3 is 15.9 Å². The molecule has 13 heavy (non-hydrogen) atoms. The summed E-state index contributed by atoms with van der Waals surface area (Å²) in [7, 11) is 0. The van der Waals surface area contributed by atoms with Gasteiger partial charge in [-0.05, 0) is 18.6 Å². The quantitative estimate of drug-likeness (QED) is 0.639. The molecule has 0 aliphatic rings. The van der Waals surface area contributed by atoms with Gasteiger partial charge in [0.25, 0.3) is 0 Å². The fourth-order valence-electron chi connectivity index (χ4n) is 1.13. The molecule has 1 unspecified atom stereocenters. The Balaban J connectivity index is 3.25. The van der Waals surface area contributed by atoms with Gasteiger partial charge in [0.1, 0.15) is 11.6 Å². The van der Waals surface area contributed by atoms with Crippen LogP contribution in [0.4, 0.5) is 4.39 Å². The molecule has 0 bridgehead atoms. The molecule has 1 rings (SSSR count). The molecule has 4 heteroatoms. The second-order valence-electron chi connectivity index (χ2n) is 2.88. The van der Waals surface area contributed by atoms with Crippen LogP contribution in [0.5, 0.6) is 5.75 Å². The summed E-state index contributed by atoms with van der Waals surface area (Å²) in [6, 6.07) is 2.64. The van der Waals surface area contributed by atoms with Crippen molar-refractivity contribution in [2.75, 3.05) is 6.54 Å². The molecule has 0 fully saturated rings. The van der Waals surface area contributed by atoms with Crippen LogP contribution in [0.15, 0.2) is 12.1 Å². The minimum atomic E-state index is -1.15. The summed E-state index contributed by atoms with van der Waals surface area (Å²) in [6.45, 7) is 1.51. The van der Waals surface area contributed by atoms with E-state index in [4.69, 9.17) is 5.73 Å². The van der Waals surface area contributed by atoms with E-state index in [1.54, 1.807) is 6.92 Å². The molecule has 0 aromatic heterocycles. The third-order valence-corrected chi connectivity index (χ3v) is 1.92. The van der Waals surface area contributed by atoms with Crippen molar-refractivity contribution in [2.24, 2.45) is 5.73 Å². The molecule has 1 atom stereocenters. The predicted molar refractivity (Wildman–Crippen MR) is 46.8 cm³/mol. The van der Waals surface area contributed by atoms with Crippen molar-refractivity contribution in [1.82, 2.24) is 0 Å². The Bertz CT molecular complexity index is 315. The van der Waals surface area contributed by atoms with E-state index >= 15 is 0 Å². The van der Waals surface area contributed by atoms with Crippen LogP contribution in [-0.4, -0.2) is 16.8 Å². The zero-order valence-corrected chi connectivity index (χ0v) is 7.29. The summed E-state index contributed by atoms with van der Waals surface area (Å²) >= 11 is 0. The molecule has 0 aliphatic heterocycles. The zero-order valence-electron chi connectivity index (χ0n) is 7.29. The van der Waals surface area contributed by atoms with Gasteiger partial charge in [0.2, 0.25) is 0 Å². The van der Waals surface area contributed by atoms with E-state index < -0.39 is 11.9 Å². The van der Waals surface area contributed by atoms with Crippen LogP contribution in [0.3, 0.4) is 0 Å². The lowest BCUT2D eigenvalue weighted by Gasteiger charge is -2.12. The number of hydrogen-bond acceptors (Lipinski definition) is 3. The summed E-state index contributed by atoms with van der Waals surface area (Å²) in [4.78, 5) is 0. The highest BCUT2D eigenvalue weighted by molar-refractivity contribution is 5.41.